The number of amides is 2. The van der Waals surface area contributed by atoms with Gasteiger partial charge in [-0.25, -0.2) is 9.97 Å². The maximum absolute atomic E-state index is 13.0. The number of pyridine rings is 1. The highest BCUT2D eigenvalue weighted by molar-refractivity contribution is 6.30. The number of para-hydroxylation sites is 1. The Labute approximate surface area is 254 Å². The third-order valence-corrected chi connectivity index (χ3v) is 9.40. The van der Waals surface area contributed by atoms with E-state index in [9.17, 15) is 14.4 Å². The summed E-state index contributed by atoms with van der Waals surface area (Å²) in [6.45, 7) is 7.46. The van der Waals surface area contributed by atoms with Gasteiger partial charge in [-0.2, -0.15) is 0 Å². The fourth-order valence-corrected chi connectivity index (χ4v) is 6.58. The Morgan fingerprint density at radius 3 is 2.77 bits per heavy atom. The van der Waals surface area contributed by atoms with Crippen LogP contribution in [-0.4, -0.2) is 64.4 Å². The lowest BCUT2D eigenvalue weighted by Gasteiger charge is -2.44. The monoisotopic (exact) mass is 604 g/mol. The van der Waals surface area contributed by atoms with Gasteiger partial charge >= 0.3 is 0 Å². The van der Waals surface area contributed by atoms with Crippen molar-refractivity contribution in [3.63, 3.8) is 0 Å². The summed E-state index contributed by atoms with van der Waals surface area (Å²) in [5.41, 5.74) is 2.31. The molecule has 5 heterocycles. The number of carbonyl (C=O) groups excluding carboxylic acids is 2. The highest BCUT2D eigenvalue weighted by Crippen LogP contribution is 2.39. The summed E-state index contributed by atoms with van der Waals surface area (Å²) < 4.78 is 6.13. The molecule has 0 bridgehead atoms. The number of nitrogens with one attached hydrogen (secondary N) is 2. The number of furan rings is 1. The Morgan fingerprint density at radius 2 is 1.98 bits per heavy atom. The van der Waals surface area contributed by atoms with Gasteiger partial charge in [0.2, 0.25) is 11.8 Å². The number of fused-ring (bicyclic) bond motifs is 3. The number of benzene rings is 1. The van der Waals surface area contributed by atoms with E-state index in [1.54, 1.807) is 6.07 Å². The van der Waals surface area contributed by atoms with Crippen molar-refractivity contribution in [3.05, 3.63) is 63.3 Å². The molecule has 2 atom stereocenters. The number of aromatic amines is 1. The van der Waals surface area contributed by atoms with Crippen LogP contribution in [0.1, 0.15) is 57.3 Å². The summed E-state index contributed by atoms with van der Waals surface area (Å²) in [5, 5.41) is 4.34. The van der Waals surface area contributed by atoms with Crippen molar-refractivity contribution in [1.29, 1.82) is 0 Å². The van der Waals surface area contributed by atoms with Crippen LogP contribution in [0.2, 0.25) is 5.02 Å². The van der Waals surface area contributed by atoms with Crippen LogP contribution in [0.25, 0.3) is 22.1 Å². The van der Waals surface area contributed by atoms with E-state index in [1.165, 1.54) is 6.20 Å². The average Bonchev–Trinajstić information content (AvgIpc) is 3.66. The normalized spacial score (nSPS) is 20.7. The highest BCUT2D eigenvalue weighted by atomic mass is 35.5. The standard InChI is InChI=1S/C32H37ClN6O4/c1-20-19-39(15-11-32(20,2)23-16-21(33)18-35-31(23)42)27(41)10-7-12-34-26(40)17-25-36-28-22-8-3-4-9-24(22)43-29(28)30(37-25)38-13-5-6-14-38/h3-4,8-9,16,18,20H,5-7,10-15,17,19H2,1-2H3,(H,34,40)(H,35,42)/t20-,32?/m0/s1. The highest BCUT2D eigenvalue weighted by Gasteiger charge is 2.40. The van der Waals surface area contributed by atoms with Crippen molar-refractivity contribution in [2.45, 2.75) is 57.8 Å². The third kappa shape index (κ3) is 5.85. The van der Waals surface area contributed by atoms with Gasteiger partial charge < -0.3 is 24.5 Å². The molecule has 10 nitrogen and oxygen atoms in total. The largest absolute Gasteiger partial charge is 0.450 e. The number of likely N-dealkylation sites (tertiary alicyclic amines) is 1. The molecule has 0 aliphatic carbocycles. The molecule has 6 rings (SSSR count). The molecule has 11 heteroatoms. The molecule has 0 spiro atoms. The van der Waals surface area contributed by atoms with E-state index >= 15 is 0 Å². The number of rotatable bonds is 8. The van der Waals surface area contributed by atoms with E-state index in [-0.39, 0.29) is 35.1 Å². The van der Waals surface area contributed by atoms with Crippen LogP contribution in [0.3, 0.4) is 0 Å². The predicted octanol–water partition coefficient (Wildman–Crippen LogP) is 4.58. The SMILES string of the molecule is C[C@H]1CN(C(=O)CCCNC(=O)Cc2nc(N3CCCC3)c3oc4ccccc4c3n2)CCC1(C)c1cc(Cl)c[nH]c1=O. The fourth-order valence-electron chi connectivity index (χ4n) is 6.42. The molecule has 1 aromatic carbocycles. The number of nitrogens with zero attached hydrogens (tertiary/aromatic N) is 4. The summed E-state index contributed by atoms with van der Waals surface area (Å²) in [6.07, 6.45) is 5.29. The number of halogens is 1. The van der Waals surface area contributed by atoms with Crippen LogP contribution < -0.4 is 15.8 Å². The summed E-state index contributed by atoms with van der Waals surface area (Å²) in [5.74, 6) is 1.16. The van der Waals surface area contributed by atoms with Crippen molar-refractivity contribution >= 4 is 51.3 Å². The second-order valence-corrected chi connectivity index (χ2v) is 12.5. The molecule has 2 aliphatic heterocycles. The van der Waals surface area contributed by atoms with E-state index in [2.05, 4.69) is 29.0 Å². The molecule has 0 radical (unpaired) electrons. The van der Waals surface area contributed by atoms with Gasteiger partial charge in [0.05, 0.1) is 11.4 Å². The van der Waals surface area contributed by atoms with Gasteiger partial charge in [0.25, 0.3) is 5.56 Å². The summed E-state index contributed by atoms with van der Waals surface area (Å²) in [4.78, 5) is 54.7. The quantitative estimate of drug-likeness (QED) is 0.282. The van der Waals surface area contributed by atoms with Gasteiger partial charge in [-0.1, -0.05) is 37.6 Å². The molecule has 2 saturated heterocycles. The lowest BCUT2D eigenvalue weighted by Crippen LogP contribution is -2.51. The molecule has 0 saturated carbocycles. The number of carbonyl (C=O) groups is 2. The van der Waals surface area contributed by atoms with Gasteiger partial charge in [-0.3, -0.25) is 14.4 Å². The van der Waals surface area contributed by atoms with Gasteiger partial charge in [0.15, 0.2) is 11.4 Å². The van der Waals surface area contributed by atoms with E-state index in [1.807, 2.05) is 29.2 Å². The summed E-state index contributed by atoms with van der Waals surface area (Å²) in [7, 11) is 0. The molecule has 226 valence electrons. The molecule has 1 unspecified atom stereocenters. The lowest BCUT2D eigenvalue weighted by molar-refractivity contribution is -0.134. The van der Waals surface area contributed by atoms with Gasteiger partial charge in [0.1, 0.15) is 16.9 Å². The Balaban J connectivity index is 1.03. The Bertz CT molecular complexity index is 1730. The minimum absolute atomic E-state index is 0.0507. The Kier molecular flexibility index (Phi) is 8.13. The van der Waals surface area contributed by atoms with Crippen LogP contribution in [0, 0.1) is 5.92 Å². The van der Waals surface area contributed by atoms with E-state index in [0.29, 0.717) is 60.9 Å². The van der Waals surface area contributed by atoms with Crippen molar-refractivity contribution < 1.29 is 14.0 Å². The van der Waals surface area contributed by atoms with Crippen molar-refractivity contribution in [3.8, 4) is 0 Å². The van der Waals surface area contributed by atoms with Crippen LogP contribution in [0.4, 0.5) is 5.82 Å². The number of piperidine rings is 1. The smallest absolute Gasteiger partial charge is 0.251 e. The molecule has 3 aromatic heterocycles. The van der Waals surface area contributed by atoms with Crippen molar-refractivity contribution in [2.75, 3.05) is 37.6 Å². The minimum atomic E-state index is -0.369. The average molecular weight is 605 g/mol. The van der Waals surface area contributed by atoms with E-state index in [4.69, 9.17) is 26.0 Å². The number of hydrogen-bond acceptors (Lipinski definition) is 7. The molecule has 43 heavy (non-hydrogen) atoms. The number of aromatic nitrogens is 3. The second kappa shape index (κ2) is 12.0. The van der Waals surface area contributed by atoms with Crippen LogP contribution >= 0.6 is 11.6 Å². The maximum atomic E-state index is 13.0. The van der Waals surface area contributed by atoms with Crippen molar-refractivity contribution in [1.82, 2.24) is 25.2 Å². The lowest BCUT2D eigenvalue weighted by atomic mass is 9.68. The fraction of sp³-hybridized carbons (Fsp3) is 0.469. The molecular weight excluding hydrogens is 568 g/mol. The first kappa shape index (κ1) is 29.2. The molecule has 2 N–H and O–H groups in total. The summed E-state index contributed by atoms with van der Waals surface area (Å²) >= 11 is 6.16. The van der Waals surface area contributed by atoms with E-state index in [0.717, 1.165) is 48.2 Å². The molecular formula is C32H37ClN6O4. The van der Waals surface area contributed by atoms with Crippen LogP contribution in [0.5, 0.6) is 0 Å². The topological polar surface area (TPSA) is 124 Å². The van der Waals surface area contributed by atoms with Crippen molar-refractivity contribution in [2.24, 2.45) is 5.92 Å². The maximum Gasteiger partial charge on any atom is 0.251 e. The Morgan fingerprint density at radius 1 is 1.19 bits per heavy atom. The molecule has 2 fully saturated rings. The second-order valence-electron chi connectivity index (χ2n) is 12.0. The minimum Gasteiger partial charge on any atom is -0.450 e. The van der Waals surface area contributed by atoms with E-state index < -0.39 is 0 Å². The molecule has 2 aliphatic rings. The first-order valence-corrected chi connectivity index (χ1v) is 15.5. The number of hydrogen-bond donors (Lipinski definition) is 2. The van der Waals surface area contributed by atoms with Crippen LogP contribution in [-0.2, 0) is 21.4 Å². The molecule has 2 amide bonds. The van der Waals surface area contributed by atoms with Gasteiger partial charge in [0, 0.05) is 61.7 Å². The van der Waals surface area contributed by atoms with Gasteiger partial charge in [-0.05, 0) is 49.8 Å². The summed E-state index contributed by atoms with van der Waals surface area (Å²) in [6, 6.07) is 9.52. The zero-order valence-electron chi connectivity index (χ0n) is 24.6. The number of H-pyrrole nitrogens is 1. The predicted molar refractivity (Wildman–Crippen MR) is 166 cm³/mol. The first-order chi connectivity index (χ1) is 20.7. The first-order valence-electron chi connectivity index (χ1n) is 15.1. The van der Waals surface area contributed by atoms with Gasteiger partial charge in [-0.15, -0.1) is 0 Å². The zero-order valence-corrected chi connectivity index (χ0v) is 25.4. The Hall–Kier alpha value is -3.92. The zero-order chi connectivity index (χ0) is 30.1. The molecule has 4 aromatic rings. The van der Waals surface area contributed by atoms with Crippen LogP contribution in [0.15, 0.2) is 45.7 Å². The number of anilines is 1. The third-order valence-electron chi connectivity index (χ3n) is 9.18.